The smallest absolute Gasteiger partial charge is 0.136 e. The minimum atomic E-state index is 0.851. The molecule has 0 aliphatic heterocycles. The van der Waals surface area contributed by atoms with Gasteiger partial charge in [-0.05, 0) is 128 Å². The van der Waals surface area contributed by atoms with E-state index in [0.717, 1.165) is 99.9 Å². The molecule has 0 saturated heterocycles. The molecule has 3 heteroatoms. The summed E-state index contributed by atoms with van der Waals surface area (Å²) in [6, 6.07) is 93.0. The highest BCUT2D eigenvalue weighted by Gasteiger charge is 2.24. The molecule has 3 nitrogen and oxygen atoms in total. The lowest BCUT2D eigenvalue weighted by molar-refractivity contribution is 0.668. The largest absolute Gasteiger partial charge is 0.456 e. The van der Waals surface area contributed by atoms with Crippen LogP contribution in [0.5, 0.6) is 0 Å². The Hall–Kier alpha value is -9.18. The number of rotatable bonds is 9. The second kappa shape index (κ2) is 16.9. The summed E-state index contributed by atoms with van der Waals surface area (Å²) in [5.41, 5.74) is 20.5. The first kappa shape index (κ1) is 40.1. The standard InChI is InChI=1S/C66H43NO2/c1-4-16-44(17-5-1)45-28-34-50(35-29-45)67(51-36-30-47(31-37-51)54-23-11-10-22-53(54)46-18-6-2-7-19-46)52-38-32-49(33-39-52)64-56(41-43-62-66(64)58-25-13-15-27-60(58)69-62)55-40-42-61-65(57-24-12-14-26-59(57)68-61)63(55)48-20-8-3-9-21-48/h1-43H. The van der Waals surface area contributed by atoms with Crippen molar-refractivity contribution in [3.63, 3.8) is 0 Å². The van der Waals surface area contributed by atoms with E-state index < -0.39 is 0 Å². The van der Waals surface area contributed by atoms with E-state index in [9.17, 15) is 0 Å². The zero-order valence-electron chi connectivity index (χ0n) is 37.6. The van der Waals surface area contributed by atoms with Crippen molar-refractivity contribution in [1.82, 2.24) is 0 Å². The van der Waals surface area contributed by atoms with Gasteiger partial charge in [-0.1, -0.05) is 188 Å². The van der Waals surface area contributed by atoms with Crippen LogP contribution in [-0.2, 0) is 0 Å². The van der Waals surface area contributed by atoms with E-state index in [1.807, 2.05) is 12.1 Å². The van der Waals surface area contributed by atoms with Crippen LogP contribution in [0.3, 0.4) is 0 Å². The molecule has 0 aliphatic carbocycles. The second-order valence-corrected chi connectivity index (χ2v) is 17.5. The predicted molar refractivity (Wildman–Crippen MR) is 288 cm³/mol. The number of para-hydroxylation sites is 2. The fourth-order valence-electron chi connectivity index (χ4n) is 10.3. The Morgan fingerprint density at radius 1 is 0.217 bits per heavy atom. The number of hydrogen-bond donors (Lipinski definition) is 0. The minimum absolute atomic E-state index is 0.851. The third kappa shape index (κ3) is 7.08. The molecule has 0 aliphatic rings. The van der Waals surface area contributed by atoms with Crippen LogP contribution in [0.25, 0.3) is 111 Å². The van der Waals surface area contributed by atoms with Gasteiger partial charge >= 0.3 is 0 Å². The highest BCUT2D eigenvalue weighted by Crippen LogP contribution is 2.49. The minimum Gasteiger partial charge on any atom is -0.456 e. The van der Waals surface area contributed by atoms with Gasteiger partial charge in [-0.3, -0.25) is 0 Å². The Morgan fingerprint density at radius 3 is 1.03 bits per heavy atom. The van der Waals surface area contributed by atoms with Gasteiger partial charge in [-0.25, -0.2) is 0 Å². The molecule has 0 N–H and O–H groups in total. The Balaban J connectivity index is 0.982. The van der Waals surface area contributed by atoms with Gasteiger partial charge < -0.3 is 13.7 Å². The fraction of sp³-hybridized carbons (Fsp3) is 0. The van der Waals surface area contributed by atoms with Crippen LogP contribution in [0, 0.1) is 0 Å². The van der Waals surface area contributed by atoms with Crippen LogP contribution in [0.2, 0.25) is 0 Å². The first-order valence-corrected chi connectivity index (χ1v) is 23.5. The lowest BCUT2D eigenvalue weighted by Crippen LogP contribution is -2.09. The van der Waals surface area contributed by atoms with Gasteiger partial charge in [0.1, 0.15) is 22.3 Å². The Kier molecular flexibility index (Phi) is 9.84. The maximum Gasteiger partial charge on any atom is 0.136 e. The summed E-state index contributed by atoms with van der Waals surface area (Å²) in [6.45, 7) is 0. The van der Waals surface area contributed by atoms with E-state index >= 15 is 0 Å². The zero-order valence-corrected chi connectivity index (χ0v) is 37.6. The van der Waals surface area contributed by atoms with Crippen molar-refractivity contribution in [2.75, 3.05) is 4.90 Å². The third-order valence-electron chi connectivity index (χ3n) is 13.5. The SMILES string of the molecule is c1ccc(-c2ccc(N(c3ccc(-c4ccccc4-c4ccccc4)cc3)c3ccc(-c4c(-c5ccc6oc7ccccc7c6c5-c5ccccc5)ccc5oc6ccccc6c45)cc3)cc2)cc1. The molecule has 0 spiro atoms. The molecule has 2 heterocycles. The van der Waals surface area contributed by atoms with E-state index in [0.29, 0.717) is 0 Å². The summed E-state index contributed by atoms with van der Waals surface area (Å²) in [6.07, 6.45) is 0. The van der Waals surface area contributed by atoms with Crippen molar-refractivity contribution in [2.45, 2.75) is 0 Å². The van der Waals surface area contributed by atoms with Crippen molar-refractivity contribution < 1.29 is 8.83 Å². The van der Waals surface area contributed by atoms with Crippen LogP contribution in [0.4, 0.5) is 17.1 Å². The number of benzene rings is 11. The Bertz CT molecular complexity index is 3960. The maximum absolute atomic E-state index is 6.61. The van der Waals surface area contributed by atoms with Crippen molar-refractivity contribution in [3.05, 3.63) is 261 Å². The van der Waals surface area contributed by atoms with E-state index in [-0.39, 0.29) is 0 Å². The average Bonchev–Trinajstić information content (AvgIpc) is 4.01. The summed E-state index contributed by atoms with van der Waals surface area (Å²) in [5, 5.41) is 4.38. The van der Waals surface area contributed by atoms with E-state index in [2.05, 4.69) is 254 Å². The quantitative estimate of drug-likeness (QED) is 0.145. The zero-order chi connectivity index (χ0) is 45.7. The average molecular weight is 882 g/mol. The highest BCUT2D eigenvalue weighted by molar-refractivity contribution is 6.20. The number of furan rings is 2. The molecule has 0 saturated carbocycles. The van der Waals surface area contributed by atoms with E-state index in [1.54, 1.807) is 0 Å². The molecule has 0 atom stereocenters. The van der Waals surface area contributed by atoms with Gasteiger partial charge in [-0.15, -0.1) is 0 Å². The molecule has 11 aromatic carbocycles. The molecule has 0 unspecified atom stereocenters. The first-order chi connectivity index (χ1) is 34.2. The summed E-state index contributed by atoms with van der Waals surface area (Å²) in [4.78, 5) is 2.35. The number of fused-ring (bicyclic) bond motifs is 6. The van der Waals surface area contributed by atoms with Crippen molar-refractivity contribution in [2.24, 2.45) is 0 Å². The first-order valence-electron chi connectivity index (χ1n) is 23.5. The maximum atomic E-state index is 6.61. The molecular weight excluding hydrogens is 839 g/mol. The number of hydrogen-bond acceptors (Lipinski definition) is 3. The molecule has 0 amide bonds. The van der Waals surface area contributed by atoms with E-state index in [1.165, 1.54) is 27.8 Å². The van der Waals surface area contributed by atoms with Crippen LogP contribution in [0.1, 0.15) is 0 Å². The van der Waals surface area contributed by atoms with Gasteiger partial charge in [0.25, 0.3) is 0 Å². The van der Waals surface area contributed by atoms with Crippen LogP contribution < -0.4 is 4.90 Å². The summed E-state index contributed by atoms with van der Waals surface area (Å²) in [7, 11) is 0. The van der Waals surface area contributed by atoms with Crippen LogP contribution in [-0.4, -0.2) is 0 Å². The molecule has 0 fully saturated rings. The van der Waals surface area contributed by atoms with Crippen molar-refractivity contribution >= 4 is 60.9 Å². The van der Waals surface area contributed by atoms with Gasteiger partial charge in [0.15, 0.2) is 0 Å². The monoisotopic (exact) mass is 881 g/mol. The molecule has 13 aromatic rings. The molecule has 13 rings (SSSR count). The molecular formula is C66H43NO2. The Labute approximate surface area is 400 Å². The van der Waals surface area contributed by atoms with Crippen molar-refractivity contribution in [1.29, 1.82) is 0 Å². The van der Waals surface area contributed by atoms with Crippen LogP contribution >= 0.6 is 0 Å². The lowest BCUT2D eigenvalue weighted by Gasteiger charge is -2.26. The van der Waals surface area contributed by atoms with Crippen LogP contribution in [0.15, 0.2) is 270 Å². The molecule has 324 valence electrons. The molecule has 0 bridgehead atoms. The molecule has 2 aromatic heterocycles. The van der Waals surface area contributed by atoms with Gasteiger partial charge in [0, 0.05) is 49.7 Å². The predicted octanol–water partition coefficient (Wildman–Crippen LogP) is 19.0. The fourth-order valence-corrected chi connectivity index (χ4v) is 10.3. The van der Waals surface area contributed by atoms with E-state index in [4.69, 9.17) is 8.83 Å². The topological polar surface area (TPSA) is 29.5 Å². The number of anilines is 3. The number of nitrogens with zero attached hydrogens (tertiary/aromatic N) is 1. The highest BCUT2D eigenvalue weighted by atomic mass is 16.3. The molecule has 69 heavy (non-hydrogen) atoms. The van der Waals surface area contributed by atoms with Gasteiger partial charge in [0.05, 0.1) is 0 Å². The second-order valence-electron chi connectivity index (χ2n) is 17.5. The van der Waals surface area contributed by atoms with Gasteiger partial charge in [-0.2, -0.15) is 0 Å². The van der Waals surface area contributed by atoms with Gasteiger partial charge in [0.2, 0.25) is 0 Å². The molecule has 0 radical (unpaired) electrons. The summed E-state index contributed by atoms with van der Waals surface area (Å²) < 4.78 is 13.1. The third-order valence-corrected chi connectivity index (χ3v) is 13.5. The normalized spacial score (nSPS) is 11.5. The Morgan fingerprint density at radius 2 is 0.551 bits per heavy atom. The lowest BCUT2D eigenvalue weighted by atomic mass is 9.85. The van der Waals surface area contributed by atoms with Crippen molar-refractivity contribution in [3.8, 4) is 66.8 Å². The summed E-state index contributed by atoms with van der Waals surface area (Å²) >= 11 is 0. The summed E-state index contributed by atoms with van der Waals surface area (Å²) in [5.74, 6) is 0.